The van der Waals surface area contributed by atoms with Crippen LogP contribution in [0.25, 0.3) is 33.5 Å². The predicted molar refractivity (Wildman–Crippen MR) is 221 cm³/mol. The number of pyridine rings is 2. The molecule has 0 radical (unpaired) electrons. The molecule has 0 fully saturated rings. The number of benzene rings is 4. The van der Waals surface area contributed by atoms with Gasteiger partial charge in [0.25, 0.3) is 11.8 Å². The molecule has 4 heterocycles. The first kappa shape index (κ1) is 47.5. The van der Waals surface area contributed by atoms with Crippen molar-refractivity contribution in [2.24, 2.45) is 0 Å². The largest absolute Gasteiger partial charge is 0.478 e. The van der Waals surface area contributed by atoms with Crippen LogP contribution in [0.3, 0.4) is 0 Å². The van der Waals surface area contributed by atoms with Crippen molar-refractivity contribution in [3.63, 3.8) is 0 Å². The van der Waals surface area contributed by atoms with Crippen LogP contribution in [0.15, 0.2) is 115 Å². The molecule has 0 saturated heterocycles. The van der Waals surface area contributed by atoms with Crippen LogP contribution in [0.5, 0.6) is 0 Å². The number of halogens is 14. The quantitative estimate of drug-likeness (QED) is 0.0840. The van der Waals surface area contributed by atoms with Gasteiger partial charge in [-0.25, -0.2) is 31.1 Å². The van der Waals surface area contributed by atoms with E-state index in [1.54, 1.807) is 0 Å². The zero-order valence-corrected chi connectivity index (χ0v) is 34.3. The first-order valence-corrected chi connectivity index (χ1v) is 19.3. The molecule has 8 aromatic rings. The highest BCUT2D eigenvalue weighted by molar-refractivity contribution is 6.33. The van der Waals surface area contributed by atoms with Crippen LogP contribution >= 0.6 is 23.2 Å². The standard InChI is InChI=1S/C23H11ClF6N2O3.C22H11ClF6N2O/c24-20-13(22(34)35)6-5-12-7-15(23(28,29)30)19(32(12)20)10-1-3-11(4-2-10)31-21(33)14-8-17(26)18(27)9-16(14)25;23-19-3-1-2-13-8-15(22(27,28)29)20(31(13)19)11-4-6-12(7-5-11)30-21(32)14-9-17(25)18(26)10-16(14)24/h1-9H,(H,31,33)(H,34,35);1-10H,(H,30,32). The molecule has 0 saturated carbocycles. The molecule has 0 spiro atoms. The van der Waals surface area contributed by atoms with Crippen molar-refractivity contribution in [1.29, 1.82) is 0 Å². The minimum Gasteiger partial charge on any atom is -0.478 e. The third-order valence-electron chi connectivity index (χ3n) is 9.79. The van der Waals surface area contributed by atoms with Crippen molar-refractivity contribution < 1.29 is 72.2 Å². The average molecular weight is 982 g/mol. The topological polar surface area (TPSA) is 104 Å². The molecule has 0 unspecified atom stereocenters. The summed E-state index contributed by atoms with van der Waals surface area (Å²) in [6, 6.07) is 19.7. The van der Waals surface area contributed by atoms with Crippen LogP contribution in [0.4, 0.5) is 64.1 Å². The molecule has 0 aliphatic rings. The Morgan fingerprint density at radius 2 is 0.881 bits per heavy atom. The second-order valence-electron chi connectivity index (χ2n) is 14.1. The lowest BCUT2D eigenvalue weighted by Crippen LogP contribution is -2.14. The maximum atomic E-state index is 13.8. The number of hydrogen-bond donors (Lipinski definition) is 3. The van der Waals surface area contributed by atoms with Crippen molar-refractivity contribution in [2.45, 2.75) is 12.4 Å². The lowest BCUT2D eigenvalue weighted by atomic mass is 10.1. The zero-order chi connectivity index (χ0) is 48.9. The molecule has 4 aromatic carbocycles. The van der Waals surface area contributed by atoms with E-state index >= 15 is 0 Å². The second kappa shape index (κ2) is 18.1. The Balaban J connectivity index is 0.000000200. The third-order valence-corrected chi connectivity index (χ3v) is 10.5. The van der Waals surface area contributed by atoms with Gasteiger partial charge in [-0.15, -0.1) is 0 Å². The van der Waals surface area contributed by atoms with Crippen LogP contribution in [0.2, 0.25) is 10.3 Å². The highest BCUT2D eigenvalue weighted by Gasteiger charge is 2.38. The Morgan fingerprint density at radius 3 is 1.30 bits per heavy atom. The molecule has 0 atom stereocenters. The molecule has 22 heteroatoms. The summed E-state index contributed by atoms with van der Waals surface area (Å²) in [4.78, 5) is 35.9. The Hall–Kier alpha value is -7.45. The van der Waals surface area contributed by atoms with Crippen molar-refractivity contribution in [3.8, 4) is 22.5 Å². The number of amides is 2. The van der Waals surface area contributed by atoms with Gasteiger partial charge in [0.05, 0.1) is 39.2 Å². The number of hydrogen-bond acceptors (Lipinski definition) is 3. The van der Waals surface area contributed by atoms with Crippen LogP contribution in [0.1, 0.15) is 42.2 Å². The molecular weight excluding hydrogens is 959 g/mol. The maximum absolute atomic E-state index is 13.8. The fraction of sp³-hybridized carbons (Fsp3) is 0.0444. The van der Waals surface area contributed by atoms with E-state index < -0.39 is 104 Å². The SMILES string of the molecule is O=C(Nc1ccc(-c2c(C(F)(F)F)cc3ccc(C(=O)O)c(Cl)n23)cc1)c1cc(F)c(F)cc1F.O=C(Nc1ccc(-c2c(C(F)(F)F)cc3cccc(Cl)n23)cc1)c1cc(F)c(F)cc1F. The fourth-order valence-electron chi connectivity index (χ4n) is 6.78. The Labute approximate surface area is 377 Å². The number of carboxylic acids is 1. The number of carboxylic acid groups (broad SMARTS) is 1. The van der Waals surface area contributed by atoms with Gasteiger partial charge in [-0.3, -0.25) is 18.4 Å². The van der Waals surface area contributed by atoms with E-state index in [2.05, 4.69) is 10.6 Å². The number of rotatable bonds is 7. The van der Waals surface area contributed by atoms with Gasteiger partial charge < -0.3 is 15.7 Å². The van der Waals surface area contributed by atoms with Gasteiger partial charge in [0, 0.05) is 34.5 Å². The molecule has 67 heavy (non-hydrogen) atoms. The third kappa shape index (κ3) is 9.61. The van der Waals surface area contributed by atoms with Crippen LogP contribution in [0, 0.1) is 34.9 Å². The molecule has 0 aliphatic heterocycles. The Bertz CT molecular complexity index is 3280. The number of nitrogens with zero attached hydrogens (tertiary/aromatic N) is 2. The van der Waals surface area contributed by atoms with Gasteiger partial charge in [0.2, 0.25) is 0 Å². The number of aromatic carboxylic acids is 1. The summed E-state index contributed by atoms with van der Waals surface area (Å²) >= 11 is 12.3. The van der Waals surface area contributed by atoms with Crippen molar-refractivity contribution >= 4 is 63.4 Å². The summed E-state index contributed by atoms with van der Waals surface area (Å²) in [7, 11) is 0. The minimum absolute atomic E-state index is 0.00600. The molecule has 0 bridgehead atoms. The van der Waals surface area contributed by atoms with Crippen molar-refractivity contribution in [2.75, 3.05) is 10.6 Å². The second-order valence-corrected chi connectivity index (χ2v) is 14.8. The van der Waals surface area contributed by atoms with E-state index in [1.807, 2.05) is 0 Å². The van der Waals surface area contributed by atoms with E-state index in [4.69, 9.17) is 23.2 Å². The summed E-state index contributed by atoms with van der Waals surface area (Å²) in [5.74, 6) is -11.9. The molecule has 4 aromatic heterocycles. The normalized spacial score (nSPS) is 11.7. The van der Waals surface area contributed by atoms with Gasteiger partial charge in [-0.2, -0.15) is 26.3 Å². The van der Waals surface area contributed by atoms with Gasteiger partial charge >= 0.3 is 18.3 Å². The molecule has 0 aliphatic carbocycles. The number of nitrogens with one attached hydrogen (secondary N) is 2. The Kier molecular flexibility index (Phi) is 12.8. The number of carbonyl (C=O) groups excluding carboxylic acids is 2. The fourth-order valence-corrected chi connectivity index (χ4v) is 7.36. The summed E-state index contributed by atoms with van der Waals surface area (Å²) in [6.07, 6.45) is -9.47. The maximum Gasteiger partial charge on any atom is 0.418 e. The molecule has 344 valence electrons. The monoisotopic (exact) mass is 980 g/mol. The first-order chi connectivity index (χ1) is 31.4. The van der Waals surface area contributed by atoms with Gasteiger partial charge in [0.1, 0.15) is 21.9 Å². The van der Waals surface area contributed by atoms with Gasteiger partial charge in [-0.05, 0) is 83.9 Å². The zero-order valence-electron chi connectivity index (χ0n) is 32.8. The highest BCUT2D eigenvalue weighted by atomic mass is 35.5. The highest BCUT2D eigenvalue weighted by Crippen LogP contribution is 2.43. The number of carbonyl (C=O) groups is 3. The first-order valence-electron chi connectivity index (χ1n) is 18.6. The smallest absolute Gasteiger partial charge is 0.418 e. The van der Waals surface area contributed by atoms with Gasteiger partial charge in [-0.1, -0.05) is 53.5 Å². The number of aromatic nitrogens is 2. The number of anilines is 2. The molecule has 8 nitrogen and oxygen atoms in total. The van der Waals surface area contributed by atoms with Crippen LogP contribution in [-0.2, 0) is 12.4 Å². The number of alkyl halides is 6. The van der Waals surface area contributed by atoms with Crippen LogP contribution in [-0.4, -0.2) is 31.7 Å². The van der Waals surface area contributed by atoms with E-state index in [0.29, 0.717) is 12.1 Å². The molecule has 3 N–H and O–H groups in total. The van der Waals surface area contributed by atoms with Crippen molar-refractivity contribution in [3.05, 3.63) is 188 Å². The van der Waals surface area contributed by atoms with E-state index in [9.17, 15) is 72.2 Å². The van der Waals surface area contributed by atoms with E-state index in [-0.39, 0.29) is 56.5 Å². The molecule has 2 amide bonds. The average Bonchev–Trinajstić information content (AvgIpc) is 3.86. The predicted octanol–water partition coefficient (Wildman–Crippen LogP) is 13.6. The summed E-state index contributed by atoms with van der Waals surface area (Å²) in [5, 5.41) is 13.4. The summed E-state index contributed by atoms with van der Waals surface area (Å²) in [5.41, 5.74) is -4.06. The lowest BCUT2D eigenvalue weighted by molar-refractivity contribution is -0.137. The van der Waals surface area contributed by atoms with Crippen LogP contribution < -0.4 is 10.6 Å². The molecular formula is C45H22Cl2F12N4O4. The summed E-state index contributed by atoms with van der Waals surface area (Å²) in [6.45, 7) is 0. The van der Waals surface area contributed by atoms with Gasteiger partial charge in [0.15, 0.2) is 23.3 Å². The molecule has 8 rings (SSSR count). The van der Waals surface area contributed by atoms with E-state index in [1.165, 1.54) is 77.2 Å². The minimum atomic E-state index is -4.81. The van der Waals surface area contributed by atoms with E-state index in [0.717, 1.165) is 22.6 Å². The summed E-state index contributed by atoms with van der Waals surface area (Å²) < 4.78 is 165. The number of fused-ring (bicyclic) bond motifs is 2. The lowest BCUT2D eigenvalue weighted by Gasteiger charge is -2.13. The van der Waals surface area contributed by atoms with Crippen molar-refractivity contribution in [1.82, 2.24) is 8.80 Å². The Morgan fingerprint density at radius 1 is 0.478 bits per heavy atom.